The Labute approximate surface area is 127 Å². The van der Waals surface area contributed by atoms with Crippen molar-refractivity contribution < 1.29 is 4.74 Å². The lowest BCUT2D eigenvalue weighted by Gasteiger charge is -2.14. The Kier molecular flexibility index (Phi) is 2.86. The van der Waals surface area contributed by atoms with Crippen LogP contribution < -0.4 is 4.74 Å². The summed E-state index contributed by atoms with van der Waals surface area (Å²) < 4.78 is 7.70. The molecule has 1 aromatic carbocycles. The van der Waals surface area contributed by atoms with Gasteiger partial charge in [0.1, 0.15) is 5.69 Å². The van der Waals surface area contributed by atoms with E-state index in [1.807, 2.05) is 0 Å². The highest BCUT2D eigenvalue weighted by molar-refractivity contribution is 6.28. The third kappa shape index (κ3) is 1.90. The second-order valence-electron chi connectivity index (χ2n) is 5.21. The molecular formula is C16H14ClN3O. The van der Waals surface area contributed by atoms with Crippen LogP contribution in [0.1, 0.15) is 12.0 Å². The van der Waals surface area contributed by atoms with Crippen molar-refractivity contribution in [3.63, 3.8) is 0 Å². The molecule has 0 unspecified atom stereocenters. The van der Waals surface area contributed by atoms with Gasteiger partial charge in [-0.25, -0.2) is 9.97 Å². The number of methoxy groups -OCH3 is 1. The van der Waals surface area contributed by atoms with E-state index in [2.05, 4.69) is 38.9 Å². The molecule has 21 heavy (non-hydrogen) atoms. The highest BCUT2D eigenvalue weighted by Crippen LogP contribution is 2.38. The van der Waals surface area contributed by atoms with E-state index >= 15 is 0 Å². The van der Waals surface area contributed by atoms with E-state index in [9.17, 15) is 0 Å². The Hall–Kier alpha value is -2.07. The van der Waals surface area contributed by atoms with E-state index in [4.69, 9.17) is 16.3 Å². The lowest BCUT2D eigenvalue weighted by molar-refractivity contribution is 0.412. The highest BCUT2D eigenvalue weighted by Gasteiger charge is 2.20. The lowest BCUT2D eigenvalue weighted by Crippen LogP contribution is -2.05. The number of benzene rings is 1. The van der Waals surface area contributed by atoms with E-state index in [1.165, 1.54) is 22.9 Å². The molecule has 0 bridgehead atoms. The quantitative estimate of drug-likeness (QED) is 0.677. The van der Waals surface area contributed by atoms with Gasteiger partial charge in [0, 0.05) is 23.7 Å². The molecule has 0 N–H and O–H groups in total. The minimum atomic E-state index is 0.234. The molecule has 4 rings (SSSR count). The molecule has 3 aromatic rings. The van der Waals surface area contributed by atoms with E-state index < -0.39 is 0 Å². The van der Waals surface area contributed by atoms with Gasteiger partial charge in [0.05, 0.1) is 18.8 Å². The second-order valence-corrected chi connectivity index (χ2v) is 5.55. The first-order valence-corrected chi connectivity index (χ1v) is 7.33. The van der Waals surface area contributed by atoms with Crippen LogP contribution in [-0.4, -0.2) is 21.6 Å². The van der Waals surface area contributed by atoms with Crippen LogP contribution in [0.15, 0.2) is 30.6 Å². The summed E-state index contributed by atoms with van der Waals surface area (Å²) in [5.41, 5.74) is 4.50. The first kappa shape index (κ1) is 12.7. The number of hydrogen-bond donors (Lipinski definition) is 0. The van der Waals surface area contributed by atoms with Crippen LogP contribution in [0.4, 0.5) is 0 Å². The van der Waals surface area contributed by atoms with Gasteiger partial charge in [0.25, 0.3) is 0 Å². The van der Waals surface area contributed by atoms with E-state index in [0.29, 0.717) is 5.75 Å². The summed E-state index contributed by atoms with van der Waals surface area (Å²) >= 11 is 5.97. The van der Waals surface area contributed by atoms with Gasteiger partial charge in [-0.05, 0) is 30.0 Å². The molecule has 106 valence electrons. The third-order valence-corrected chi connectivity index (χ3v) is 4.21. The lowest BCUT2D eigenvalue weighted by atomic mass is 10.0. The number of ether oxygens (including phenoxy) is 1. The number of aromatic nitrogens is 3. The van der Waals surface area contributed by atoms with Crippen LogP contribution in [0.2, 0.25) is 5.28 Å². The Morgan fingerprint density at radius 2 is 2.24 bits per heavy atom. The van der Waals surface area contributed by atoms with Crippen LogP contribution in [-0.2, 0) is 13.0 Å². The molecule has 1 aliphatic heterocycles. The van der Waals surface area contributed by atoms with Crippen molar-refractivity contribution in [2.75, 3.05) is 7.11 Å². The fraction of sp³-hybridized carbons (Fsp3) is 0.250. The molecule has 0 spiro atoms. The predicted octanol–water partition coefficient (Wildman–Crippen LogP) is 3.71. The topological polar surface area (TPSA) is 39.9 Å². The molecule has 2 aromatic heterocycles. The zero-order valence-corrected chi connectivity index (χ0v) is 12.4. The Morgan fingerprint density at radius 3 is 3.10 bits per heavy atom. The van der Waals surface area contributed by atoms with E-state index in [1.54, 1.807) is 13.3 Å². The summed E-state index contributed by atoms with van der Waals surface area (Å²) in [5, 5.41) is 1.43. The first-order chi connectivity index (χ1) is 10.3. The van der Waals surface area contributed by atoms with Crippen molar-refractivity contribution in [3.8, 4) is 17.0 Å². The molecule has 3 heterocycles. The standard InChI is InChI=1S/C16H14ClN3O/c1-21-13-8-18-16(17)19-14(13)12-9-20-7-3-5-10-4-2-6-11(12)15(10)20/h2,4,6,8-9H,3,5,7H2,1H3. The highest BCUT2D eigenvalue weighted by atomic mass is 35.5. The van der Waals surface area contributed by atoms with Gasteiger partial charge in [-0.1, -0.05) is 18.2 Å². The molecule has 0 aliphatic carbocycles. The molecule has 0 radical (unpaired) electrons. The summed E-state index contributed by atoms with van der Waals surface area (Å²) in [7, 11) is 1.62. The van der Waals surface area contributed by atoms with Gasteiger partial charge in [-0.2, -0.15) is 0 Å². The van der Waals surface area contributed by atoms with Crippen LogP contribution in [0.5, 0.6) is 5.75 Å². The van der Waals surface area contributed by atoms with Gasteiger partial charge < -0.3 is 9.30 Å². The van der Waals surface area contributed by atoms with Crippen LogP contribution in [0.3, 0.4) is 0 Å². The molecule has 5 heteroatoms. The Morgan fingerprint density at radius 1 is 1.33 bits per heavy atom. The maximum Gasteiger partial charge on any atom is 0.223 e. The number of halogens is 1. The fourth-order valence-electron chi connectivity index (χ4n) is 3.14. The average Bonchev–Trinajstić information content (AvgIpc) is 2.89. The van der Waals surface area contributed by atoms with Gasteiger partial charge in [0.2, 0.25) is 5.28 Å². The van der Waals surface area contributed by atoms with Crippen molar-refractivity contribution in [2.24, 2.45) is 0 Å². The number of rotatable bonds is 2. The first-order valence-electron chi connectivity index (χ1n) is 6.95. The fourth-order valence-corrected chi connectivity index (χ4v) is 3.27. The predicted molar refractivity (Wildman–Crippen MR) is 82.8 cm³/mol. The van der Waals surface area contributed by atoms with Crippen molar-refractivity contribution in [3.05, 3.63) is 41.4 Å². The maximum absolute atomic E-state index is 5.97. The van der Waals surface area contributed by atoms with Crippen molar-refractivity contribution in [1.82, 2.24) is 14.5 Å². The van der Waals surface area contributed by atoms with E-state index in [-0.39, 0.29) is 5.28 Å². The summed E-state index contributed by atoms with van der Waals surface area (Å²) in [6.45, 7) is 1.04. The Bertz CT molecular complexity index is 841. The van der Waals surface area contributed by atoms with Crippen molar-refractivity contribution in [2.45, 2.75) is 19.4 Å². The normalized spacial score (nSPS) is 13.6. The Balaban J connectivity index is 2.05. The van der Waals surface area contributed by atoms with Crippen molar-refractivity contribution >= 4 is 22.5 Å². The smallest absolute Gasteiger partial charge is 0.223 e. The SMILES string of the molecule is COc1cnc(Cl)nc1-c1cn2c3c(cccc13)CCC2. The molecule has 1 aliphatic rings. The molecule has 0 saturated carbocycles. The zero-order valence-electron chi connectivity index (χ0n) is 11.6. The minimum absolute atomic E-state index is 0.234. The van der Waals surface area contributed by atoms with E-state index in [0.717, 1.165) is 24.2 Å². The molecule has 0 saturated heterocycles. The van der Waals surface area contributed by atoms with Gasteiger partial charge in [-0.3, -0.25) is 0 Å². The zero-order chi connectivity index (χ0) is 14.4. The largest absolute Gasteiger partial charge is 0.493 e. The van der Waals surface area contributed by atoms with Crippen LogP contribution >= 0.6 is 11.6 Å². The monoisotopic (exact) mass is 299 g/mol. The maximum atomic E-state index is 5.97. The second kappa shape index (κ2) is 4.74. The van der Waals surface area contributed by atoms with Crippen LogP contribution in [0.25, 0.3) is 22.2 Å². The molecule has 0 atom stereocenters. The van der Waals surface area contributed by atoms with Crippen LogP contribution in [0, 0.1) is 0 Å². The van der Waals surface area contributed by atoms with Gasteiger partial charge >= 0.3 is 0 Å². The molecule has 4 nitrogen and oxygen atoms in total. The molecular weight excluding hydrogens is 286 g/mol. The number of hydrogen-bond acceptors (Lipinski definition) is 3. The summed E-state index contributed by atoms with van der Waals surface area (Å²) in [4.78, 5) is 8.37. The summed E-state index contributed by atoms with van der Waals surface area (Å²) in [5.74, 6) is 0.642. The molecule has 0 amide bonds. The summed E-state index contributed by atoms with van der Waals surface area (Å²) in [6.07, 6.45) is 6.07. The number of nitrogens with zero attached hydrogens (tertiary/aromatic N) is 3. The molecule has 0 fully saturated rings. The van der Waals surface area contributed by atoms with Gasteiger partial charge in [0.15, 0.2) is 5.75 Å². The third-order valence-electron chi connectivity index (χ3n) is 4.03. The minimum Gasteiger partial charge on any atom is -0.493 e. The average molecular weight is 300 g/mol. The van der Waals surface area contributed by atoms with Gasteiger partial charge in [-0.15, -0.1) is 0 Å². The van der Waals surface area contributed by atoms with Crippen molar-refractivity contribution in [1.29, 1.82) is 0 Å². The summed E-state index contributed by atoms with van der Waals surface area (Å²) in [6, 6.07) is 6.43. The number of aryl methyl sites for hydroxylation is 2. The number of para-hydroxylation sites is 1.